The molecule has 0 aliphatic carbocycles. The van der Waals surface area contributed by atoms with Crippen LogP contribution in [0.15, 0.2) is 72.8 Å². The highest BCUT2D eigenvalue weighted by Gasteiger charge is 2.17. The third-order valence-corrected chi connectivity index (χ3v) is 4.65. The van der Waals surface area contributed by atoms with Gasteiger partial charge in [0.25, 0.3) is 0 Å². The summed E-state index contributed by atoms with van der Waals surface area (Å²) in [5.74, 6) is 0. The molecule has 0 unspecified atom stereocenters. The predicted molar refractivity (Wildman–Crippen MR) is 122 cm³/mol. The van der Waals surface area contributed by atoms with Crippen molar-refractivity contribution in [1.82, 2.24) is 0 Å². The van der Waals surface area contributed by atoms with E-state index >= 15 is 0 Å². The standard InChI is InChI=1S/C21H21N.C3H9BO3/c1-16-10-4-7-13-19(16)22(20-14-8-5-11-17(20)2)21-15-9-6-12-18(21)3;1-5-4(6-2)7-3/h4-15H,1-3H3;1-3H3. The summed E-state index contributed by atoms with van der Waals surface area (Å²) in [6.07, 6.45) is 0. The van der Waals surface area contributed by atoms with Gasteiger partial charge in [0.1, 0.15) is 0 Å². The first-order chi connectivity index (χ1) is 14.0. The molecule has 152 valence electrons. The minimum atomic E-state index is -0.514. The van der Waals surface area contributed by atoms with Gasteiger partial charge in [-0.2, -0.15) is 0 Å². The summed E-state index contributed by atoms with van der Waals surface area (Å²) in [6.45, 7) is 6.50. The van der Waals surface area contributed by atoms with Gasteiger partial charge in [-0.3, -0.25) is 0 Å². The lowest BCUT2D eigenvalue weighted by Crippen LogP contribution is -2.21. The Bertz CT molecular complexity index is 783. The van der Waals surface area contributed by atoms with E-state index in [2.05, 4.69) is 112 Å². The van der Waals surface area contributed by atoms with Crippen molar-refractivity contribution in [2.75, 3.05) is 26.2 Å². The van der Waals surface area contributed by atoms with Crippen LogP contribution in [0.1, 0.15) is 16.7 Å². The first-order valence-electron chi connectivity index (χ1n) is 9.58. The maximum Gasteiger partial charge on any atom is 0.638 e. The second-order valence-electron chi connectivity index (χ2n) is 6.69. The van der Waals surface area contributed by atoms with Crippen LogP contribution in [-0.4, -0.2) is 28.7 Å². The van der Waals surface area contributed by atoms with Gasteiger partial charge in [-0.25, -0.2) is 0 Å². The fourth-order valence-electron chi connectivity index (χ4n) is 3.12. The number of benzene rings is 3. The summed E-state index contributed by atoms with van der Waals surface area (Å²) in [5, 5.41) is 0. The van der Waals surface area contributed by atoms with E-state index in [1.807, 2.05) is 0 Å². The normalized spacial score (nSPS) is 10.1. The smallest absolute Gasteiger partial charge is 0.389 e. The molecule has 5 heteroatoms. The number of para-hydroxylation sites is 3. The van der Waals surface area contributed by atoms with E-state index < -0.39 is 7.32 Å². The molecule has 3 rings (SSSR count). The zero-order valence-corrected chi connectivity index (χ0v) is 18.2. The molecule has 0 atom stereocenters. The van der Waals surface area contributed by atoms with Crippen molar-refractivity contribution in [3.8, 4) is 0 Å². The molecule has 29 heavy (non-hydrogen) atoms. The molecule has 0 N–H and O–H groups in total. The van der Waals surface area contributed by atoms with Crippen molar-refractivity contribution in [3.05, 3.63) is 89.5 Å². The van der Waals surface area contributed by atoms with Gasteiger partial charge < -0.3 is 18.9 Å². The Hall–Kier alpha value is -2.60. The molecule has 0 saturated carbocycles. The Morgan fingerprint density at radius 3 is 1.00 bits per heavy atom. The Labute approximate surface area is 175 Å². The molecule has 0 radical (unpaired) electrons. The van der Waals surface area contributed by atoms with Gasteiger partial charge >= 0.3 is 7.32 Å². The molecule has 0 spiro atoms. The molecule has 0 aliphatic rings. The number of rotatable bonds is 6. The van der Waals surface area contributed by atoms with Crippen molar-refractivity contribution >= 4 is 24.4 Å². The van der Waals surface area contributed by atoms with E-state index in [9.17, 15) is 0 Å². The summed E-state index contributed by atoms with van der Waals surface area (Å²) >= 11 is 0. The second kappa shape index (κ2) is 11.4. The molecule has 0 amide bonds. The van der Waals surface area contributed by atoms with Gasteiger partial charge in [0.2, 0.25) is 0 Å². The van der Waals surface area contributed by atoms with Crippen molar-refractivity contribution in [3.63, 3.8) is 0 Å². The average molecular weight is 391 g/mol. The summed E-state index contributed by atoms with van der Waals surface area (Å²) in [5.41, 5.74) is 7.50. The maximum absolute atomic E-state index is 4.60. The van der Waals surface area contributed by atoms with Gasteiger partial charge in [-0.05, 0) is 55.7 Å². The highest BCUT2D eigenvalue weighted by Crippen LogP contribution is 2.39. The summed E-state index contributed by atoms with van der Waals surface area (Å²) in [4.78, 5) is 2.36. The quantitative estimate of drug-likeness (QED) is 0.483. The van der Waals surface area contributed by atoms with Crippen LogP contribution in [0.3, 0.4) is 0 Å². The van der Waals surface area contributed by atoms with Crippen LogP contribution in [0.2, 0.25) is 0 Å². The SMILES string of the molecule is COB(OC)OC.Cc1ccccc1N(c1ccccc1C)c1ccccc1C. The molecule has 0 bridgehead atoms. The zero-order valence-electron chi connectivity index (χ0n) is 18.2. The fraction of sp³-hybridized carbons (Fsp3) is 0.250. The monoisotopic (exact) mass is 391 g/mol. The van der Waals surface area contributed by atoms with Gasteiger partial charge in [0, 0.05) is 38.4 Å². The number of hydrogen-bond acceptors (Lipinski definition) is 4. The molecular weight excluding hydrogens is 361 g/mol. The van der Waals surface area contributed by atoms with E-state index in [1.54, 1.807) is 0 Å². The van der Waals surface area contributed by atoms with Crippen LogP contribution in [-0.2, 0) is 14.0 Å². The first kappa shape index (κ1) is 22.7. The first-order valence-corrected chi connectivity index (χ1v) is 9.58. The van der Waals surface area contributed by atoms with Crippen LogP contribution in [0, 0.1) is 20.8 Å². The predicted octanol–water partition coefficient (Wildman–Crippen LogP) is 5.99. The van der Waals surface area contributed by atoms with E-state index in [0.717, 1.165) is 0 Å². The van der Waals surface area contributed by atoms with Gasteiger partial charge in [0.05, 0.1) is 0 Å². The number of aryl methyl sites for hydroxylation is 3. The zero-order chi connectivity index (χ0) is 21.2. The summed E-state index contributed by atoms with van der Waals surface area (Å²) < 4.78 is 13.8. The third kappa shape index (κ3) is 5.94. The molecule has 0 saturated heterocycles. The molecule has 0 aliphatic heterocycles. The molecule has 3 aromatic rings. The number of nitrogens with zero attached hydrogens (tertiary/aromatic N) is 1. The van der Waals surface area contributed by atoms with Crippen molar-refractivity contribution in [2.24, 2.45) is 0 Å². The molecule has 0 fully saturated rings. The molecule has 3 aromatic carbocycles. The van der Waals surface area contributed by atoms with E-state index in [0.29, 0.717) is 0 Å². The van der Waals surface area contributed by atoms with Crippen LogP contribution in [0.5, 0.6) is 0 Å². The van der Waals surface area contributed by atoms with Crippen molar-refractivity contribution in [2.45, 2.75) is 20.8 Å². The van der Waals surface area contributed by atoms with Crippen LogP contribution < -0.4 is 4.90 Å². The van der Waals surface area contributed by atoms with E-state index in [1.165, 1.54) is 55.1 Å². The second-order valence-corrected chi connectivity index (χ2v) is 6.69. The van der Waals surface area contributed by atoms with Gasteiger partial charge in [-0.1, -0.05) is 54.6 Å². The lowest BCUT2D eigenvalue weighted by molar-refractivity contribution is 0.163. The molecule has 0 aromatic heterocycles. The molecule has 0 heterocycles. The fourth-order valence-corrected chi connectivity index (χ4v) is 3.12. The summed E-state index contributed by atoms with van der Waals surface area (Å²) in [6, 6.07) is 25.6. The van der Waals surface area contributed by atoms with E-state index in [-0.39, 0.29) is 0 Å². The summed E-state index contributed by atoms with van der Waals surface area (Å²) in [7, 11) is 4.02. The van der Waals surface area contributed by atoms with Crippen LogP contribution in [0.25, 0.3) is 0 Å². The minimum Gasteiger partial charge on any atom is -0.389 e. The van der Waals surface area contributed by atoms with Crippen LogP contribution in [0.4, 0.5) is 17.1 Å². The van der Waals surface area contributed by atoms with E-state index in [4.69, 9.17) is 0 Å². The van der Waals surface area contributed by atoms with Crippen molar-refractivity contribution < 1.29 is 14.0 Å². The Morgan fingerprint density at radius 1 is 0.517 bits per heavy atom. The average Bonchev–Trinajstić information content (AvgIpc) is 2.74. The topological polar surface area (TPSA) is 30.9 Å². The minimum absolute atomic E-state index is 0.514. The third-order valence-electron chi connectivity index (χ3n) is 4.65. The highest BCUT2D eigenvalue weighted by molar-refractivity contribution is 6.36. The number of anilines is 3. The number of hydrogen-bond donors (Lipinski definition) is 0. The van der Waals surface area contributed by atoms with Crippen molar-refractivity contribution in [1.29, 1.82) is 0 Å². The van der Waals surface area contributed by atoms with Gasteiger partial charge in [-0.15, -0.1) is 0 Å². The lowest BCUT2D eigenvalue weighted by atomic mass is 10.1. The Balaban J connectivity index is 0.000000370. The van der Waals surface area contributed by atoms with Gasteiger partial charge in [0.15, 0.2) is 0 Å². The molecule has 4 nitrogen and oxygen atoms in total. The largest absolute Gasteiger partial charge is 0.638 e. The maximum atomic E-state index is 4.60. The lowest BCUT2D eigenvalue weighted by Gasteiger charge is -2.29. The molecular formula is C24H30BNO3. The van der Waals surface area contributed by atoms with Crippen LogP contribution >= 0.6 is 0 Å². The highest BCUT2D eigenvalue weighted by atomic mass is 16.7. The Kier molecular flexibility index (Phi) is 8.93. The Morgan fingerprint density at radius 2 is 0.793 bits per heavy atom.